The zero-order valence-corrected chi connectivity index (χ0v) is 10.5. The number of aryl methyl sites for hydroxylation is 2. The third-order valence-corrected chi connectivity index (χ3v) is 2.90. The minimum Gasteiger partial charge on any atom is -0.387 e. The Kier molecular flexibility index (Phi) is 3.58. The Balaban J connectivity index is 2.27. The molecule has 2 rings (SSSR count). The van der Waals surface area contributed by atoms with Gasteiger partial charge in [-0.05, 0) is 30.5 Å². The molecule has 0 aliphatic carbocycles. The number of hydrogen-bond donors (Lipinski definition) is 1. The summed E-state index contributed by atoms with van der Waals surface area (Å²) in [7, 11) is 0. The van der Waals surface area contributed by atoms with E-state index >= 15 is 0 Å². The number of rotatable bonds is 3. The molecular weight excluding hydrogens is 228 g/mol. The Bertz CT molecular complexity index is 605. The van der Waals surface area contributed by atoms with Crippen LogP contribution >= 0.6 is 0 Å². The van der Waals surface area contributed by atoms with E-state index < -0.39 is 6.10 Å². The summed E-state index contributed by atoms with van der Waals surface area (Å²) in [5.74, 6) is 0. The fraction of sp³-hybridized carbons (Fsp3) is 0.286. The number of benzene rings is 1. The molecule has 94 valence electrons. The van der Waals surface area contributed by atoms with Crippen LogP contribution in [0.4, 0.5) is 0 Å². The molecule has 0 saturated heterocycles. The molecule has 0 bridgehead atoms. The summed E-state index contributed by atoms with van der Waals surface area (Å²) in [6.45, 7) is 4.03. The van der Waals surface area contributed by atoms with E-state index in [1.165, 1.54) is 10.8 Å². The van der Waals surface area contributed by atoms with Crippen LogP contribution in [0.3, 0.4) is 0 Å². The standard InChI is InChI=1S/C14H16N2O2/c1-10-7-15-14(18)16(8-10)9-13(17)12-6-4-3-5-11(12)2/h3-8,13,17H,9H2,1-2H3. The second-order valence-corrected chi connectivity index (χ2v) is 4.44. The molecule has 1 atom stereocenters. The molecule has 18 heavy (non-hydrogen) atoms. The molecule has 0 aliphatic rings. The van der Waals surface area contributed by atoms with Crippen LogP contribution in [0, 0.1) is 13.8 Å². The van der Waals surface area contributed by atoms with E-state index in [9.17, 15) is 9.90 Å². The SMILES string of the molecule is Cc1cnc(=O)n(CC(O)c2ccccc2C)c1. The lowest BCUT2D eigenvalue weighted by atomic mass is 10.0. The number of nitrogens with zero attached hydrogens (tertiary/aromatic N) is 2. The topological polar surface area (TPSA) is 55.1 Å². The minimum absolute atomic E-state index is 0.221. The van der Waals surface area contributed by atoms with Crippen molar-refractivity contribution < 1.29 is 5.11 Å². The fourth-order valence-corrected chi connectivity index (χ4v) is 1.94. The van der Waals surface area contributed by atoms with Crippen molar-refractivity contribution in [1.82, 2.24) is 9.55 Å². The van der Waals surface area contributed by atoms with Gasteiger partial charge in [0.25, 0.3) is 0 Å². The van der Waals surface area contributed by atoms with Crippen LogP contribution in [0.25, 0.3) is 0 Å². The quantitative estimate of drug-likeness (QED) is 0.892. The van der Waals surface area contributed by atoms with Crippen molar-refractivity contribution in [3.8, 4) is 0 Å². The van der Waals surface area contributed by atoms with Crippen LogP contribution in [0.5, 0.6) is 0 Å². The van der Waals surface area contributed by atoms with Gasteiger partial charge in [-0.3, -0.25) is 4.57 Å². The second-order valence-electron chi connectivity index (χ2n) is 4.44. The number of aromatic nitrogens is 2. The Morgan fingerprint density at radius 1 is 1.33 bits per heavy atom. The van der Waals surface area contributed by atoms with Crippen molar-refractivity contribution in [3.63, 3.8) is 0 Å². The highest BCUT2D eigenvalue weighted by Gasteiger charge is 2.11. The average Bonchev–Trinajstić information content (AvgIpc) is 2.34. The van der Waals surface area contributed by atoms with Crippen LogP contribution in [0.1, 0.15) is 22.8 Å². The summed E-state index contributed by atoms with van der Waals surface area (Å²) in [5, 5.41) is 10.2. The molecule has 0 saturated carbocycles. The maximum Gasteiger partial charge on any atom is 0.347 e. The average molecular weight is 244 g/mol. The molecule has 0 fully saturated rings. The van der Waals surface area contributed by atoms with Gasteiger partial charge in [0.05, 0.1) is 12.6 Å². The highest BCUT2D eigenvalue weighted by molar-refractivity contribution is 5.27. The maximum atomic E-state index is 11.6. The monoisotopic (exact) mass is 244 g/mol. The summed E-state index contributed by atoms with van der Waals surface area (Å²) in [4.78, 5) is 15.3. The number of hydrogen-bond acceptors (Lipinski definition) is 3. The van der Waals surface area contributed by atoms with Crippen LogP contribution in [0.2, 0.25) is 0 Å². The Hall–Kier alpha value is -1.94. The van der Waals surface area contributed by atoms with E-state index in [1.807, 2.05) is 38.1 Å². The van der Waals surface area contributed by atoms with Crippen molar-refractivity contribution in [1.29, 1.82) is 0 Å². The van der Waals surface area contributed by atoms with Gasteiger partial charge in [0, 0.05) is 12.4 Å². The van der Waals surface area contributed by atoms with E-state index in [-0.39, 0.29) is 12.2 Å². The highest BCUT2D eigenvalue weighted by Crippen LogP contribution is 2.18. The van der Waals surface area contributed by atoms with Crippen LogP contribution in [0.15, 0.2) is 41.5 Å². The van der Waals surface area contributed by atoms with Crippen LogP contribution in [-0.4, -0.2) is 14.7 Å². The van der Waals surface area contributed by atoms with Gasteiger partial charge in [0.2, 0.25) is 0 Å². The van der Waals surface area contributed by atoms with Crippen molar-refractivity contribution in [2.75, 3.05) is 0 Å². The van der Waals surface area contributed by atoms with E-state index in [0.29, 0.717) is 0 Å². The minimum atomic E-state index is -0.701. The van der Waals surface area contributed by atoms with Gasteiger partial charge in [0.15, 0.2) is 0 Å². The van der Waals surface area contributed by atoms with Gasteiger partial charge in [-0.1, -0.05) is 24.3 Å². The largest absolute Gasteiger partial charge is 0.387 e. The molecule has 4 nitrogen and oxygen atoms in total. The van der Waals surface area contributed by atoms with Crippen molar-refractivity contribution in [2.24, 2.45) is 0 Å². The van der Waals surface area contributed by atoms with E-state index in [2.05, 4.69) is 4.98 Å². The zero-order valence-electron chi connectivity index (χ0n) is 10.5. The molecule has 1 aromatic carbocycles. The van der Waals surface area contributed by atoms with Gasteiger partial charge in [0.1, 0.15) is 0 Å². The smallest absolute Gasteiger partial charge is 0.347 e. The molecule has 0 aliphatic heterocycles. The number of aliphatic hydroxyl groups is 1. The van der Waals surface area contributed by atoms with E-state index in [0.717, 1.165) is 16.7 Å². The fourth-order valence-electron chi connectivity index (χ4n) is 1.94. The third kappa shape index (κ3) is 2.65. The predicted molar refractivity (Wildman–Crippen MR) is 69.4 cm³/mol. The van der Waals surface area contributed by atoms with Crippen molar-refractivity contribution in [2.45, 2.75) is 26.5 Å². The Morgan fingerprint density at radius 3 is 2.78 bits per heavy atom. The molecule has 1 aromatic heterocycles. The molecule has 2 aromatic rings. The first-order chi connectivity index (χ1) is 8.58. The van der Waals surface area contributed by atoms with Gasteiger partial charge in [-0.25, -0.2) is 9.78 Å². The lowest BCUT2D eigenvalue weighted by molar-refractivity contribution is 0.153. The number of aliphatic hydroxyl groups excluding tert-OH is 1. The van der Waals surface area contributed by atoms with Gasteiger partial charge >= 0.3 is 5.69 Å². The second kappa shape index (κ2) is 5.14. The molecule has 1 heterocycles. The summed E-state index contributed by atoms with van der Waals surface area (Å²) < 4.78 is 1.44. The first kappa shape index (κ1) is 12.5. The Labute approximate surface area is 106 Å². The maximum absolute atomic E-state index is 11.6. The summed E-state index contributed by atoms with van der Waals surface area (Å²) in [6, 6.07) is 7.61. The molecule has 4 heteroatoms. The summed E-state index contributed by atoms with van der Waals surface area (Å²) in [5.41, 5.74) is 2.41. The van der Waals surface area contributed by atoms with Gasteiger partial charge in [-0.15, -0.1) is 0 Å². The Morgan fingerprint density at radius 2 is 2.06 bits per heavy atom. The van der Waals surface area contributed by atoms with Crippen LogP contribution < -0.4 is 5.69 Å². The van der Waals surface area contributed by atoms with Crippen molar-refractivity contribution in [3.05, 3.63) is 63.8 Å². The molecule has 1 unspecified atom stereocenters. The lowest BCUT2D eigenvalue weighted by Gasteiger charge is -2.15. The summed E-state index contributed by atoms with van der Waals surface area (Å²) in [6.07, 6.45) is 2.53. The third-order valence-electron chi connectivity index (χ3n) is 2.90. The first-order valence-electron chi connectivity index (χ1n) is 5.84. The van der Waals surface area contributed by atoms with Gasteiger partial charge in [-0.2, -0.15) is 0 Å². The molecular formula is C14H16N2O2. The van der Waals surface area contributed by atoms with E-state index in [4.69, 9.17) is 0 Å². The molecule has 0 spiro atoms. The van der Waals surface area contributed by atoms with Crippen molar-refractivity contribution >= 4 is 0 Å². The molecule has 0 amide bonds. The van der Waals surface area contributed by atoms with E-state index in [1.54, 1.807) is 6.20 Å². The normalized spacial score (nSPS) is 12.4. The van der Waals surface area contributed by atoms with Crippen LogP contribution in [-0.2, 0) is 6.54 Å². The molecule has 1 N–H and O–H groups in total. The summed E-state index contributed by atoms with van der Waals surface area (Å²) >= 11 is 0. The van der Waals surface area contributed by atoms with Gasteiger partial charge < -0.3 is 5.11 Å². The zero-order chi connectivity index (χ0) is 13.1. The first-order valence-corrected chi connectivity index (χ1v) is 5.84. The highest BCUT2D eigenvalue weighted by atomic mass is 16.3. The lowest BCUT2D eigenvalue weighted by Crippen LogP contribution is -2.25. The predicted octanol–water partition coefficient (Wildman–Crippen LogP) is 1.59. The molecule has 0 radical (unpaired) electrons.